The number of alkyl halides is 1. The average molecular weight is 188 g/mol. The van der Waals surface area contributed by atoms with Crippen molar-refractivity contribution in [1.82, 2.24) is 0 Å². The van der Waals surface area contributed by atoms with E-state index in [0.717, 1.165) is 13.0 Å². The molecule has 0 saturated carbocycles. The van der Waals surface area contributed by atoms with Crippen molar-refractivity contribution in [3.63, 3.8) is 0 Å². The van der Waals surface area contributed by atoms with Crippen LogP contribution in [-0.4, -0.2) is 17.1 Å². The first-order valence-electron chi connectivity index (χ1n) is 3.18. The van der Waals surface area contributed by atoms with E-state index in [2.05, 4.69) is 40.0 Å². The van der Waals surface area contributed by atoms with Gasteiger partial charge >= 0.3 is 0 Å². The molecular weight excluding hydrogens is 178 g/mol. The molecule has 1 aliphatic rings. The predicted octanol–water partition coefficient (Wildman–Crippen LogP) is 2.17. The third kappa shape index (κ3) is 1.94. The Balaban J connectivity index is 2.52. The minimum atomic E-state index is 0.466. The van der Waals surface area contributed by atoms with Crippen LogP contribution in [0.1, 0.15) is 13.3 Å². The maximum absolute atomic E-state index is 4.31. The summed E-state index contributed by atoms with van der Waals surface area (Å²) in [6.07, 6.45) is 5.28. The van der Waals surface area contributed by atoms with Crippen molar-refractivity contribution in [3.05, 3.63) is 12.2 Å². The van der Waals surface area contributed by atoms with E-state index in [1.165, 1.54) is 5.71 Å². The topological polar surface area (TPSA) is 12.4 Å². The van der Waals surface area contributed by atoms with Gasteiger partial charge in [-0.05, 0) is 12.5 Å². The van der Waals surface area contributed by atoms with Gasteiger partial charge < -0.3 is 0 Å². The van der Waals surface area contributed by atoms with E-state index in [1.54, 1.807) is 0 Å². The van der Waals surface area contributed by atoms with Crippen molar-refractivity contribution >= 4 is 21.6 Å². The fraction of sp³-hybridized carbons (Fsp3) is 0.571. The van der Waals surface area contributed by atoms with Crippen LogP contribution in [-0.2, 0) is 0 Å². The lowest BCUT2D eigenvalue weighted by molar-refractivity contribution is 1.01. The summed E-state index contributed by atoms with van der Waals surface area (Å²) in [5.41, 5.74) is 1.21. The highest BCUT2D eigenvalue weighted by Crippen LogP contribution is 2.07. The number of aliphatic imine (C=N–C) groups is 1. The molecule has 1 nitrogen and oxygen atoms in total. The standard InChI is InChI=1S/C7H10BrN/c1-2-7-4-3-6(8)5-9-7/h3-4,6H,2,5H2,1H3. The molecule has 0 fully saturated rings. The Morgan fingerprint density at radius 2 is 2.67 bits per heavy atom. The lowest BCUT2D eigenvalue weighted by Gasteiger charge is -2.07. The highest BCUT2D eigenvalue weighted by atomic mass is 79.9. The van der Waals surface area contributed by atoms with E-state index >= 15 is 0 Å². The van der Waals surface area contributed by atoms with Crippen LogP contribution in [0.2, 0.25) is 0 Å². The van der Waals surface area contributed by atoms with Crippen LogP contribution < -0.4 is 0 Å². The van der Waals surface area contributed by atoms with Gasteiger partial charge in [0.05, 0.1) is 11.4 Å². The highest BCUT2D eigenvalue weighted by Gasteiger charge is 2.02. The van der Waals surface area contributed by atoms with Gasteiger partial charge in [-0.15, -0.1) is 0 Å². The number of halogens is 1. The summed E-state index contributed by atoms with van der Waals surface area (Å²) >= 11 is 3.45. The minimum absolute atomic E-state index is 0.466. The van der Waals surface area contributed by atoms with Crippen LogP contribution in [0, 0.1) is 0 Å². The molecule has 0 aromatic rings. The van der Waals surface area contributed by atoms with Crippen LogP contribution >= 0.6 is 15.9 Å². The Kier molecular flexibility index (Phi) is 2.46. The molecule has 1 aliphatic heterocycles. The Bertz CT molecular complexity index is 149. The molecule has 0 aromatic carbocycles. The van der Waals surface area contributed by atoms with Crippen LogP contribution in [0.25, 0.3) is 0 Å². The Morgan fingerprint density at radius 1 is 1.89 bits per heavy atom. The van der Waals surface area contributed by atoms with Crippen molar-refractivity contribution in [3.8, 4) is 0 Å². The van der Waals surface area contributed by atoms with Gasteiger partial charge in [-0.1, -0.05) is 28.9 Å². The van der Waals surface area contributed by atoms with Crippen molar-refractivity contribution < 1.29 is 0 Å². The molecule has 1 heterocycles. The maximum Gasteiger partial charge on any atom is 0.0553 e. The third-order valence-corrected chi connectivity index (χ3v) is 1.92. The highest BCUT2D eigenvalue weighted by molar-refractivity contribution is 9.09. The van der Waals surface area contributed by atoms with Crippen molar-refractivity contribution in [1.29, 1.82) is 0 Å². The van der Waals surface area contributed by atoms with Gasteiger partial charge in [-0.25, -0.2) is 0 Å². The molecule has 9 heavy (non-hydrogen) atoms. The van der Waals surface area contributed by atoms with E-state index in [0.29, 0.717) is 4.83 Å². The first kappa shape index (κ1) is 7.00. The monoisotopic (exact) mass is 187 g/mol. The number of hydrogen-bond donors (Lipinski definition) is 0. The van der Waals surface area contributed by atoms with Crippen molar-refractivity contribution in [2.75, 3.05) is 6.54 Å². The molecule has 1 atom stereocenters. The fourth-order valence-electron chi connectivity index (χ4n) is 0.763. The predicted molar refractivity (Wildman–Crippen MR) is 44.4 cm³/mol. The van der Waals surface area contributed by atoms with E-state index < -0.39 is 0 Å². The van der Waals surface area contributed by atoms with E-state index in [1.807, 2.05) is 0 Å². The largest absolute Gasteiger partial charge is 0.288 e. The number of allylic oxidation sites excluding steroid dienone is 1. The number of hydrogen-bond acceptors (Lipinski definition) is 1. The first-order valence-corrected chi connectivity index (χ1v) is 4.10. The zero-order chi connectivity index (χ0) is 6.69. The molecular formula is C7H10BrN. The fourth-order valence-corrected chi connectivity index (χ4v) is 1.06. The molecule has 0 saturated heterocycles. The van der Waals surface area contributed by atoms with Gasteiger partial charge in [0.2, 0.25) is 0 Å². The molecule has 0 aliphatic carbocycles. The van der Waals surface area contributed by atoms with Crippen molar-refractivity contribution in [2.45, 2.75) is 18.2 Å². The Morgan fingerprint density at radius 3 is 3.11 bits per heavy atom. The first-order chi connectivity index (χ1) is 4.33. The van der Waals surface area contributed by atoms with Crippen LogP contribution in [0.3, 0.4) is 0 Å². The summed E-state index contributed by atoms with van der Waals surface area (Å²) in [6, 6.07) is 0. The molecule has 1 rings (SSSR count). The van der Waals surface area contributed by atoms with E-state index in [9.17, 15) is 0 Å². The van der Waals surface area contributed by atoms with Crippen LogP contribution in [0.5, 0.6) is 0 Å². The molecule has 0 aromatic heterocycles. The molecule has 0 spiro atoms. The number of nitrogens with zero attached hydrogens (tertiary/aromatic N) is 1. The molecule has 0 N–H and O–H groups in total. The number of dihydropyridines is 1. The summed E-state index contributed by atoms with van der Waals surface area (Å²) in [7, 11) is 0. The molecule has 0 amide bonds. The SMILES string of the molecule is CCC1=NCC(Br)C=C1. The van der Waals surface area contributed by atoms with E-state index in [-0.39, 0.29) is 0 Å². The van der Waals surface area contributed by atoms with Gasteiger partial charge in [-0.3, -0.25) is 4.99 Å². The lowest BCUT2D eigenvalue weighted by Crippen LogP contribution is -2.07. The second kappa shape index (κ2) is 3.16. The van der Waals surface area contributed by atoms with Gasteiger partial charge in [0.15, 0.2) is 0 Å². The van der Waals surface area contributed by atoms with Gasteiger partial charge in [0, 0.05) is 5.71 Å². The Hall–Kier alpha value is -0.110. The zero-order valence-corrected chi connectivity index (χ0v) is 7.06. The van der Waals surface area contributed by atoms with Crippen LogP contribution in [0.4, 0.5) is 0 Å². The van der Waals surface area contributed by atoms with Gasteiger partial charge in [-0.2, -0.15) is 0 Å². The summed E-state index contributed by atoms with van der Waals surface area (Å²) in [4.78, 5) is 4.78. The Labute approximate surface area is 64.0 Å². The normalized spacial score (nSPS) is 26.0. The molecule has 2 heteroatoms. The summed E-state index contributed by atoms with van der Waals surface area (Å²) < 4.78 is 0. The summed E-state index contributed by atoms with van der Waals surface area (Å²) in [5.74, 6) is 0. The molecule has 50 valence electrons. The number of rotatable bonds is 1. The lowest BCUT2D eigenvalue weighted by atomic mass is 10.2. The second-order valence-corrected chi connectivity index (χ2v) is 3.24. The quantitative estimate of drug-likeness (QED) is 0.559. The zero-order valence-electron chi connectivity index (χ0n) is 5.47. The minimum Gasteiger partial charge on any atom is -0.288 e. The molecule has 1 unspecified atom stereocenters. The smallest absolute Gasteiger partial charge is 0.0553 e. The molecule has 0 radical (unpaired) electrons. The van der Waals surface area contributed by atoms with E-state index in [4.69, 9.17) is 0 Å². The molecule has 0 bridgehead atoms. The maximum atomic E-state index is 4.31. The van der Waals surface area contributed by atoms with Gasteiger partial charge in [0.25, 0.3) is 0 Å². The third-order valence-electron chi connectivity index (χ3n) is 1.33. The van der Waals surface area contributed by atoms with Crippen molar-refractivity contribution in [2.24, 2.45) is 4.99 Å². The summed E-state index contributed by atoms with van der Waals surface area (Å²) in [6.45, 7) is 3.03. The summed E-state index contributed by atoms with van der Waals surface area (Å²) in [5, 5.41) is 0. The second-order valence-electron chi connectivity index (χ2n) is 2.06. The van der Waals surface area contributed by atoms with Crippen LogP contribution in [0.15, 0.2) is 17.1 Å². The average Bonchev–Trinajstić information content (AvgIpc) is 1.90. The van der Waals surface area contributed by atoms with Gasteiger partial charge in [0.1, 0.15) is 0 Å².